The molecule has 2 fully saturated rings. The van der Waals surface area contributed by atoms with E-state index in [0.29, 0.717) is 48.7 Å². The number of aliphatic carboxylic acids is 2. The van der Waals surface area contributed by atoms with Gasteiger partial charge < -0.3 is 34.2 Å². The van der Waals surface area contributed by atoms with E-state index in [9.17, 15) is 34.2 Å². The Hall–Kier alpha value is -6.17. The Balaban J connectivity index is 1.28. The van der Waals surface area contributed by atoms with Gasteiger partial charge in [0, 0.05) is 32.1 Å². The highest BCUT2D eigenvalue weighted by Gasteiger charge is 2.65. The molecule has 2 amide bonds. The number of para-hydroxylation sites is 2. The fourth-order valence-electron chi connectivity index (χ4n) is 8.46. The molecule has 6 rings (SSSR count). The molecule has 4 aromatic carbocycles. The van der Waals surface area contributed by atoms with Gasteiger partial charge in [0.1, 0.15) is 23.0 Å². The molecule has 316 valence electrons. The van der Waals surface area contributed by atoms with Crippen LogP contribution in [0.4, 0.5) is 0 Å². The number of carbonyl (C=O) groups is 5. The zero-order valence-corrected chi connectivity index (χ0v) is 34.2. The van der Waals surface area contributed by atoms with Gasteiger partial charge in [0.05, 0.1) is 23.7 Å². The maximum Gasteiger partial charge on any atom is 0.345 e. The summed E-state index contributed by atoms with van der Waals surface area (Å²) in [4.78, 5) is 72.5. The third-order valence-electron chi connectivity index (χ3n) is 11.4. The Morgan fingerprint density at radius 3 is 1.38 bits per heavy atom. The van der Waals surface area contributed by atoms with Gasteiger partial charge in [-0.05, 0) is 85.3 Å². The lowest BCUT2D eigenvalue weighted by atomic mass is 9.55. The summed E-state index contributed by atoms with van der Waals surface area (Å²) >= 11 is 0. The largest absolute Gasteiger partial charge is 0.481 e. The van der Waals surface area contributed by atoms with Gasteiger partial charge in [0.15, 0.2) is 0 Å². The lowest BCUT2D eigenvalue weighted by molar-refractivity contribution is -0.196. The van der Waals surface area contributed by atoms with Gasteiger partial charge >= 0.3 is 17.9 Å². The average Bonchev–Trinajstić information content (AvgIpc) is 3.24. The number of hydrogen-bond acceptors (Lipinski definition) is 8. The molecule has 0 saturated heterocycles. The molecule has 5 atom stereocenters. The monoisotopic (exact) mass is 818 g/mol. The molecule has 2 N–H and O–H groups in total. The van der Waals surface area contributed by atoms with Crippen LogP contribution >= 0.6 is 0 Å². The Bertz CT molecular complexity index is 2050. The smallest absolute Gasteiger partial charge is 0.345 e. The lowest BCUT2D eigenvalue weighted by Gasteiger charge is -2.49. The molecule has 60 heavy (non-hydrogen) atoms. The maximum absolute atomic E-state index is 14.9. The minimum absolute atomic E-state index is 0.116. The van der Waals surface area contributed by atoms with Crippen LogP contribution in [0.25, 0.3) is 0 Å². The van der Waals surface area contributed by atoms with Crippen molar-refractivity contribution in [3.8, 4) is 23.0 Å². The summed E-state index contributed by atoms with van der Waals surface area (Å²) in [5, 5.41) is 20.9. The third-order valence-corrected chi connectivity index (χ3v) is 11.4. The molecule has 0 radical (unpaired) electrons. The van der Waals surface area contributed by atoms with E-state index in [1.54, 1.807) is 29.2 Å². The number of carbonyl (C=O) groups excluding carboxylic acids is 3. The number of benzene rings is 4. The zero-order chi connectivity index (χ0) is 42.6. The molecule has 0 aromatic heterocycles. The molecule has 2 aliphatic carbocycles. The molecule has 0 spiro atoms. The fourth-order valence-corrected chi connectivity index (χ4v) is 8.46. The quantitative estimate of drug-likeness (QED) is 0.0878. The van der Waals surface area contributed by atoms with Crippen molar-refractivity contribution >= 4 is 29.7 Å². The summed E-state index contributed by atoms with van der Waals surface area (Å²) in [6.45, 7) is 4.55. The van der Waals surface area contributed by atoms with Crippen molar-refractivity contribution in [2.24, 2.45) is 29.6 Å². The van der Waals surface area contributed by atoms with Crippen LogP contribution in [0.3, 0.4) is 0 Å². The minimum Gasteiger partial charge on any atom is -0.481 e. The molecule has 2 saturated carbocycles. The van der Waals surface area contributed by atoms with Crippen molar-refractivity contribution in [1.29, 1.82) is 0 Å². The number of nitrogens with zero attached hydrogens (tertiary/aromatic N) is 2. The standard InChI is InChI=1S/C48H54N2O10/c1-3-28-49(30-32-20-24-37(25-21-32)58-35-16-10-6-11-17-35)44(51)39-40(42(41(39)46(53)54)48(57)60-43(47(55)56)34-14-8-5-9-15-34)45(52)50(29-4-2)31-33-22-26-38(27-23-33)59-36-18-12-7-13-19-36/h6-7,10-13,16-27,34,39-43H,3-5,8-9,14-15,28-31H2,1-2H3,(H,53,54)(H,55,56)/t39-,40-,41-,42-,43?/m0/s1. The number of carboxylic acids is 2. The number of carboxylic acid groups (broad SMARTS) is 2. The first-order valence-electron chi connectivity index (χ1n) is 20.9. The first kappa shape index (κ1) is 43.4. The fraction of sp³-hybridized carbons (Fsp3) is 0.396. The van der Waals surface area contributed by atoms with E-state index in [4.69, 9.17) is 14.2 Å². The molecule has 4 aromatic rings. The van der Waals surface area contributed by atoms with Gasteiger partial charge in [-0.1, -0.05) is 93.8 Å². The highest BCUT2D eigenvalue weighted by molar-refractivity contribution is 6.00. The van der Waals surface area contributed by atoms with Crippen LogP contribution in [0.2, 0.25) is 0 Å². The van der Waals surface area contributed by atoms with E-state index >= 15 is 0 Å². The van der Waals surface area contributed by atoms with Gasteiger partial charge in [-0.15, -0.1) is 0 Å². The van der Waals surface area contributed by atoms with Gasteiger partial charge in [0.2, 0.25) is 17.9 Å². The van der Waals surface area contributed by atoms with Crippen LogP contribution < -0.4 is 9.47 Å². The van der Waals surface area contributed by atoms with Crippen LogP contribution in [0, 0.1) is 29.6 Å². The highest BCUT2D eigenvalue weighted by atomic mass is 16.6. The molecular weight excluding hydrogens is 765 g/mol. The Morgan fingerprint density at radius 1 is 0.567 bits per heavy atom. The van der Waals surface area contributed by atoms with Crippen molar-refractivity contribution in [3.63, 3.8) is 0 Å². The summed E-state index contributed by atoms with van der Waals surface area (Å²) in [5.41, 5.74) is 1.51. The van der Waals surface area contributed by atoms with Crippen LogP contribution in [0.1, 0.15) is 69.9 Å². The van der Waals surface area contributed by atoms with E-state index in [1.165, 1.54) is 4.90 Å². The lowest BCUT2D eigenvalue weighted by Crippen LogP contribution is -2.65. The van der Waals surface area contributed by atoms with Crippen molar-refractivity contribution in [3.05, 3.63) is 120 Å². The Labute approximate surface area is 351 Å². The van der Waals surface area contributed by atoms with Crippen LogP contribution in [0.15, 0.2) is 109 Å². The van der Waals surface area contributed by atoms with E-state index in [0.717, 1.165) is 30.4 Å². The Kier molecular flexibility index (Phi) is 15.0. The van der Waals surface area contributed by atoms with Crippen molar-refractivity contribution in [1.82, 2.24) is 9.80 Å². The second-order valence-electron chi connectivity index (χ2n) is 15.7. The van der Waals surface area contributed by atoms with E-state index in [-0.39, 0.29) is 26.2 Å². The average molecular weight is 819 g/mol. The third kappa shape index (κ3) is 10.7. The van der Waals surface area contributed by atoms with E-state index in [2.05, 4.69) is 0 Å². The maximum atomic E-state index is 14.9. The van der Waals surface area contributed by atoms with Crippen LogP contribution in [-0.2, 0) is 41.8 Å². The highest BCUT2D eigenvalue weighted by Crippen LogP contribution is 2.50. The molecule has 2 aliphatic rings. The molecular formula is C48H54N2O10. The molecule has 0 bridgehead atoms. The first-order chi connectivity index (χ1) is 29.1. The summed E-state index contributed by atoms with van der Waals surface area (Å²) in [6, 6.07) is 33.0. The summed E-state index contributed by atoms with van der Waals surface area (Å²) in [6.07, 6.45) is 3.19. The predicted molar refractivity (Wildman–Crippen MR) is 223 cm³/mol. The second-order valence-corrected chi connectivity index (χ2v) is 15.7. The molecule has 1 unspecified atom stereocenters. The number of amides is 2. The number of ether oxygens (including phenoxy) is 3. The summed E-state index contributed by atoms with van der Waals surface area (Å²) < 4.78 is 17.6. The SMILES string of the molecule is CCCN(Cc1ccc(Oc2ccccc2)cc1)C(=O)[C@@H]1[C@H](C(=O)O)[C@@H](C(=O)OC(C(=O)O)C2CCCCC2)[C@H]1C(=O)N(CCC)Cc1ccc(Oc2ccccc2)cc1. The van der Waals surface area contributed by atoms with Gasteiger partial charge in [-0.25, -0.2) is 4.79 Å². The number of esters is 1. The molecule has 0 aliphatic heterocycles. The summed E-state index contributed by atoms with van der Waals surface area (Å²) in [5.74, 6) is -8.89. The summed E-state index contributed by atoms with van der Waals surface area (Å²) in [7, 11) is 0. The normalized spacial score (nSPS) is 19.2. The van der Waals surface area contributed by atoms with Crippen molar-refractivity contribution < 1.29 is 48.4 Å². The molecule has 0 heterocycles. The number of hydrogen-bond donors (Lipinski definition) is 2. The first-order valence-corrected chi connectivity index (χ1v) is 20.9. The van der Waals surface area contributed by atoms with E-state index < -0.39 is 65.4 Å². The molecule has 12 nitrogen and oxygen atoms in total. The minimum atomic E-state index is -1.61. The van der Waals surface area contributed by atoms with Crippen LogP contribution in [0.5, 0.6) is 23.0 Å². The molecule has 12 heteroatoms. The van der Waals surface area contributed by atoms with Gasteiger partial charge in [0.25, 0.3) is 0 Å². The Morgan fingerprint density at radius 2 is 0.983 bits per heavy atom. The van der Waals surface area contributed by atoms with Crippen molar-refractivity contribution in [2.45, 2.75) is 78.0 Å². The number of rotatable bonds is 19. The van der Waals surface area contributed by atoms with E-state index in [1.807, 2.05) is 98.8 Å². The second kappa shape index (κ2) is 20.7. The van der Waals surface area contributed by atoms with Crippen LogP contribution in [-0.4, -0.2) is 68.9 Å². The van der Waals surface area contributed by atoms with Crippen molar-refractivity contribution in [2.75, 3.05) is 13.1 Å². The predicted octanol–water partition coefficient (Wildman–Crippen LogP) is 8.59. The topological polar surface area (TPSA) is 160 Å². The van der Waals surface area contributed by atoms with Gasteiger partial charge in [-0.2, -0.15) is 0 Å². The van der Waals surface area contributed by atoms with Gasteiger partial charge in [-0.3, -0.25) is 19.2 Å². The zero-order valence-electron chi connectivity index (χ0n) is 34.2.